The minimum absolute atomic E-state index is 0.135. The first-order valence-corrected chi connectivity index (χ1v) is 17.7. The molecule has 0 spiro atoms. The summed E-state index contributed by atoms with van der Waals surface area (Å²) in [6, 6.07) is 5.72. The normalized spacial score (nSPS) is 17.4. The third-order valence-electron chi connectivity index (χ3n) is 8.10. The Morgan fingerprint density at radius 1 is 1.11 bits per heavy atom. The Bertz CT molecular complexity index is 1790. The molecule has 0 atom stereocenters. The highest BCUT2D eigenvalue weighted by Crippen LogP contribution is 2.32. The van der Waals surface area contributed by atoms with Gasteiger partial charge in [-0.15, -0.1) is 0 Å². The van der Waals surface area contributed by atoms with Crippen molar-refractivity contribution in [1.29, 1.82) is 0 Å². The first-order valence-electron chi connectivity index (χ1n) is 14.9. The molecule has 2 aliphatic heterocycles. The SMILES string of the molecule is CN(c1ccc2c(c1)nc(C(C)(C)C)n2CC1CCOCC1)S(=O)(=O)N1CCN(C(=O)c2[nH]cc[n+]2C)CC1.O=S(=O)([O-])C(F)(F)F. The van der Waals surface area contributed by atoms with Gasteiger partial charge in [-0.2, -0.15) is 25.9 Å². The van der Waals surface area contributed by atoms with Gasteiger partial charge in [0.1, 0.15) is 18.2 Å². The molecule has 2 saturated heterocycles. The molecular formula is C28H40F3N7O7S2. The fourth-order valence-electron chi connectivity index (χ4n) is 5.45. The lowest BCUT2D eigenvalue weighted by Crippen LogP contribution is -2.54. The van der Waals surface area contributed by atoms with Gasteiger partial charge in [0.05, 0.1) is 23.8 Å². The largest absolute Gasteiger partial charge is 0.741 e. The molecule has 1 aromatic carbocycles. The van der Waals surface area contributed by atoms with Gasteiger partial charge >= 0.3 is 27.4 Å². The van der Waals surface area contributed by atoms with E-state index in [1.165, 1.54) is 8.61 Å². The zero-order valence-corrected chi connectivity index (χ0v) is 28.5. The fraction of sp³-hybridized carbons (Fsp3) is 0.607. The number of carbonyl (C=O) groups is 1. The number of amides is 1. The Kier molecular flexibility index (Phi) is 10.7. The number of piperazine rings is 1. The quantitative estimate of drug-likeness (QED) is 0.231. The molecule has 47 heavy (non-hydrogen) atoms. The van der Waals surface area contributed by atoms with E-state index in [9.17, 15) is 26.4 Å². The van der Waals surface area contributed by atoms with Crippen LogP contribution in [-0.4, -0.2) is 103 Å². The highest BCUT2D eigenvalue weighted by Gasteiger charge is 2.37. The molecule has 1 N–H and O–H groups in total. The summed E-state index contributed by atoms with van der Waals surface area (Å²) in [5, 5.41) is 0. The van der Waals surface area contributed by atoms with Crippen LogP contribution in [0.2, 0.25) is 0 Å². The summed E-state index contributed by atoms with van der Waals surface area (Å²) in [4.78, 5) is 22.5. The first-order chi connectivity index (χ1) is 21.7. The van der Waals surface area contributed by atoms with Crippen LogP contribution in [-0.2, 0) is 44.1 Å². The van der Waals surface area contributed by atoms with Crippen LogP contribution in [0.3, 0.4) is 0 Å². The van der Waals surface area contributed by atoms with Crippen LogP contribution in [0.15, 0.2) is 30.6 Å². The molecule has 262 valence electrons. The smallest absolute Gasteiger partial charge is 0.485 e. The van der Waals surface area contributed by atoms with Crippen LogP contribution in [0.5, 0.6) is 0 Å². The molecule has 0 saturated carbocycles. The number of hydrogen-bond donors (Lipinski definition) is 1. The molecule has 0 bridgehead atoms. The summed E-state index contributed by atoms with van der Waals surface area (Å²) in [7, 11) is -6.49. The van der Waals surface area contributed by atoms with Gasteiger partial charge in [-0.05, 0) is 37.0 Å². The lowest BCUT2D eigenvalue weighted by atomic mass is 9.94. The Morgan fingerprint density at radius 3 is 2.21 bits per heavy atom. The molecule has 14 nitrogen and oxygen atoms in total. The maximum atomic E-state index is 13.6. The number of alkyl halides is 3. The lowest BCUT2D eigenvalue weighted by molar-refractivity contribution is -0.672. The van der Waals surface area contributed by atoms with Gasteiger partial charge in [0.2, 0.25) is 0 Å². The van der Waals surface area contributed by atoms with Gasteiger partial charge < -0.3 is 18.8 Å². The van der Waals surface area contributed by atoms with E-state index < -0.39 is 25.8 Å². The van der Waals surface area contributed by atoms with Crippen molar-refractivity contribution in [2.75, 3.05) is 50.7 Å². The summed E-state index contributed by atoms with van der Waals surface area (Å²) in [6.45, 7) is 10.1. The average molecular weight is 708 g/mol. The van der Waals surface area contributed by atoms with Crippen molar-refractivity contribution >= 4 is 43.0 Å². The van der Waals surface area contributed by atoms with Crippen LogP contribution >= 0.6 is 0 Å². The Labute approximate surface area is 272 Å². The second-order valence-corrected chi connectivity index (χ2v) is 15.8. The minimum atomic E-state index is -6.09. The van der Waals surface area contributed by atoms with E-state index in [-0.39, 0.29) is 24.4 Å². The Hall–Kier alpha value is -3.26. The third kappa shape index (κ3) is 8.25. The monoisotopic (exact) mass is 707 g/mol. The van der Waals surface area contributed by atoms with E-state index in [0.717, 1.165) is 49.5 Å². The van der Waals surface area contributed by atoms with Crippen molar-refractivity contribution in [3.8, 4) is 0 Å². The zero-order chi connectivity index (χ0) is 34.9. The molecule has 3 aromatic rings. The summed E-state index contributed by atoms with van der Waals surface area (Å²) in [6.07, 6.45) is 5.55. The Balaban J connectivity index is 0.000000555. The van der Waals surface area contributed by atoms with Crippen LogP contribution < -0.4 is 8.87 Å². The number of rotatable bonds is 6. The van der Waals surface area contributed by atoms with Crippen molar-refractivity contribution in [3.05, 3.63) is 42.2 Å². The van der Waals surface area contributed by atoms with Crippen LogP contribution in [0.1, 0.15) is 50.1 Å². The number of imidazole rings is 2. The summed E-state index contributed by atoms with van der Waals surface area (Å²) in [5.41, 5.74) is -3.43. The maximum absolute atomic E-state index is 13.6. The number of fused-ring (bicyclic) bond motifs is 1. The molecule has 2 fully saturated rings. The van der Waals surface area contributed by atoms with Crippen molar-refractivity contribution in [3.63, 3.8) is 0 Å². The van der Waals surface area contributed by atoms with Crippen LogP contribution in [0.4, 0.5) is 18.9 Å². The number of hydrogen-bond acceptors (Lipinski definition) is 8. The third-order valence-corrected chi connectivity index (χ3v) is 10.6. The Morgan fingerprint density at radius 2 is 1.70 bits per heavy atom. The van der Waals surface area contributed by atoms with E-state index >= 15 is 0 Å². The van der Waals surface area contributed by atoms with E-state index in [4.69, 9.17) is 22.7 Å². The molecule has 2 aromatic heterocycles. The molecule has 0 unspecified atom stereocenters. The number of nitrogens with zero attached hydrogens (tertiary/aromatic N) is 6. The number of anilines is 1. The van der Waals surface area contributed by atoms with Crippen LogP contribution in [0, 0.1) is 5.92 Å². The number of aromatic nitrogens is 4. The van der Waals surface area contributed by atoms with Crippen molar-refractivity contribution in [1.82, 2.24) is 23.7 Å². The summed E-state index contributed by atoms with van der Waals surface area (Å²) < 4.78 is 98.4. The summed E-state index contributed by atoms with van der Waals surface area (Å²) >= 11 is 0. The van der Waals surface area contributed by atoms with Crippen LogP contribution in [0.25, 0.3) is 11.0 Å². The second-order valence-electron chi connectivity index (χ2n) is 12.5. The van der Waals surface area contributed by atoms with Crippen molar-refractivity contribution in [2.24, 2.45) is 13.0 Å². The maximum Gasteiger partial charge on any atom is 0.485 e. The van der Waals surface area contributed by atoms with Gasteiger partial charge in [0.15, 0.2) is 10.1 Å². The highest BCUT2D eigenvalue weighted by atomic mass is 32.2. The van der Waals surface area contributed by atoms with E-state index in [1.807, 2.05) is 18.2 Å². The van der Waals surface area contributed by atoms with E-state index in [1.54, 1.807) is 36.0 Å². The molecule has 0 aliphatic carbocycles. The topological polar surface area (TPSA) is 165 Å². The van der Waals surface area contributed by atoms with E-state index in [2.05, 4.69) is 30.3 Å². The molecule has 2 aliphatic rings. The molecule has 4 heterocycles. The lowest BCUT2D eigenvalue weighted by Gasteiger charge is -2.35. The zero-order valence-electron chi connectivity index (χ0n) is 26.8. The minimum Gasteiger partial charge on any atom is -0.741 e. The van der Waals surface area contributed by atoms with Crippen molar-refractivity contribution < 1.29 is 48.7 Å². The number of H-pyrrole nitrogens is 1. The molecule has 19 heteroatoms. The standard InChI is InChI=1S/C27H39N7O4S.CHF3O3S/c1-27(2,3)26-29-22-18-21(6-7-23(22)34(26)19-20-8-16-38-17-9-20)31(5)39(36,37)33-14-12-32(13-15-33)25(35)24-28-10-11-30(24)4;2-1(3,4)8(5,6)7/h6-7,10-11,18,20H,8-9,12-17,19H2,1-5H3;(H,5,6,7). The number of nitrogens with one attached hydrogen (secondary N) is 1. The average Bonchev–Trinajstić information content (AvgIpc) is 3.59. The molecule has 1 amide bonds. The number of benzene rings is 1. The number of aryl methyl sites for hydroxylation is 1. The van der Waals surface area contributed by atoms with Gasteiger partial charge in [-0.1, -0.05) is 20.8 Å². The van der Waals surface area contributed by atoms with E-state index in [0.29, 0.717) is 30.5 Å². The highest BCUT2D eigenvalue weighted by molar-refractivity contribution is 7.90. The first kappa shape index (κ1) is 36.6. The predicted molar refractivity (Wildman–Crippen MR) is 164 cm³/mol. The van der Waals surface area contributed by atoms with Gasteiger partial charge in [-0.3, -0.25) is 9.10 Å². The molecule has 0 radical (unpaired) electrons. The summed E-state index contributed by atoms with van der Waals surface area (Å²) in [5.74, 6) is 1.87. The second kappa shape index (κ2) is 13.7. The van der Waals surface area contributed by atoms with Gasteiger partial charge in [0, 0.05) is 58.4 Å². The van der Waals surface area contributed by atoms with Gasteiger partial charge in [-0.25, -0.2) is 23.0 Å². The predicted octanol–water partition coefficient (Wildman–Crippen LogP) is 2.10. The molecule has 5 rings (SSSR count). The van der Waals surface area contributed by atoms with Gasteiger partial charge in [0.25, 0.3) is 0 Å². The number of halogens is 3. The fourth-order valence-corrected chi connectivity index (χ4v) is 6.80. The number of carbonyl (C=O) groups excluding carboxylic acids is 1. The number of aromatic amines is 1. The van der Waals surface area contributed by atoms with Crippen molar-refractivity contribution in [2.45, 2.75) is 51.1 Å². The molecular weight excluding hydrogens is 667 g/mol. The number of ether oxygens (including phenoxy) is 1.